The normalized spacial score (nSPS) is 19.4. The predicted octanol–water partition coefficient (Wildman–Crippen LogP) is 1.74. The van der Waals surface area contributed by atoms with Crippen molar-refractivity contribution in [3.8, 4) is 0 Å². The van der Waals surface area contributed by atoms with E-state index in [2.05, 4.69) is 10.3 Å². The van der Waals surface area contributed by atoms with Gasteiger partial charge in [0.25, 0.3) is 0 Å². The molecular weight excluding hydrogens is 356 g/mol. The first-order chi connectivity index (χ1) is 13.5. The minimum absolute atomic E-state index is 0.0153. The average Bonchev–Trinajstić information content (AvgIpc) is 3.10. The lowest BCUT2D eigenvalue weighted by Crippen LogP contribution is -2.41. The topological polar surface area (TPSA) is 74.2 Å². The minimum atomic E-state index is -0.193. The summed E-state index contributed by atoms with van der Waals surface area (Å²) in [6.07, 6.45) is 0. The molecule has 1 fully saturated rings. The van der Waals surface area contributed by atoms with E-state index in [0.29, 0.717) is 38.7 Å². The van der Waals surface area contributed by atoms with Gasteiger partial charge in [0.2, 0.25) is 5.91 Å². The van der Waals surface area contributed by atoms with E-state index in [4.69, 9.17) is 4.74 Å². The van der Waals surface area contributed by atoms with Crippen LogP contribution in [0.3, 0.4) is 0 Å². The summed E-state index contributed by atoms with van der Waals surface area (Å²) in [7, 11) is 1.42. The molecule has 1 N–H and O–H groups in total. The van der Waals surface area contributed by atoms with Crippen LogP contribution in [0.15, 0.2) is 35.3 Å². The number of guanidine groups is 1. The van der Waals surface area contributed by atoms with Crippen molar-refractivity contribution in [3.63, 3.8) is 0 Å². The number of likely N-dealkylation sites (tertiary alicyclic amines) is 1. The lowest BCUT2D eigenvalue weighted by atomic mass is 9.99. The van der Waals surface area contributed by atoms with E-state index >= 15 is 0 Å². The number of carbonyl (C=O) groups excluding carboxylic acids is 2. The highest BCUT2D eigenvalue weighted by Gasteiger charge is 2.36. The lowest BCUT2D eigenvalue weighted by molar-refractivity contribution is -0.146. The highest BCUT2D eigenvalue weighted by molar-refractivity contribution is 5.86. The Balaban J connectivity index is 2.03. The Hall–Kier alpha value is -2.57. The number of esters is 1. The molecule has 0 spiro atoms. The summed E-state index contributed by atoms with van der Waals surface area (Å²) in [5.41, 5.74) is 1.10. The second-order valence-electron chi connectivity index (χ2n) is 7.08. The molecule has 154 valence electrons. The molecule has 1 aliphatic heterocycles. The molecule has 1 aliphatic rings. The maximum Gasteiger partial charge on any atom is 0.310 e. The highest BCUT2D eigenvalue weighted by atomic mass is 16.5. The van der Waals surface area contributed by atoms with Gasteiger partial charge in [-0.15, -0.1) is 0 Å². The molecule has 0 saturated carbocycles. The molecule has 2 unspecified atom stereocenters. The molecule has 1 heterocycles. The van der Waals surface area contributed by atoms with E-state index in [9.17, 15) is 9.59 Å². The molecule has 2 atom stereocenters. The smallest absolute Gasteiger partial charge is 0.310 e. The Morgan fingerprint density at radius 1 is 1.25 bits per heavy atom. The van der Waals surface area contributed by atoms with Crippen molar-refractivity contribution in [2.24, 2.45) is 16.8 Å². The zero-order valence-corrected chi connectivity index (χ0v) is 17.4. The number of amides is 1. The second-order valence-corrected chi connectivity index (χ2v) is 7.08. The van der Waals surface area contributed by atoms with Gasteiger partial charge in [0.1, 0.15) is 6.54 Å². The first kappa shape index (κ1) is 21.7. The average molecular weight is 389 g/mol. The summed E-state index contributed by atoms with van der Waals surface area (Å²) in [6, 6.07) is 9.94. The van der Waals surface area contributed by atoms with Crippen LogP contribution in [0.25, 0.3) is 0 Å². The molecule has 1 saturated heterocycles. The number of ether oxygens (including phenoxy) is 1. The predicted molar refractivity (Wildman–Crippen MR) is 110 cm³/mol. The fourth-order valence-corrected chi connectivity index (χ4v) is 3.45. The molecule has 7 nitrogen and oxygen atoms in total. The number of hydrogen-bond donors (Lipinski definition) is 1. The number of rotatable bonds is 7. The third-order valence-electron chi connectivity index (χ3n) is 5.07. The molecule has 2 rings (SSSR count). The molecule has 1 aromatic rings. The maximum absolute atomic E-state index is 12.7. The largest absolute Gasteiger partial charge is 0.469 e. The number of carbonyl (C=O) groups is 2. The zero-order valence-electron chi connectivity index (χ0n) is 17.4. The van der Waals surface area contributed by atoms with Crippen LogP contribution in [-0.4, -0.2) is 67.5 Å². The van der Waals surface area contributed by atoms with Gasteiger partial charge in [0, 0.05) is 32.7 Å². The summed E-state index contributed by atoms with van der Waals surface area (Å²) in [6.45, 7) is 9.24. The number of hydrogen-bond acceptors (Lipinski definition) is 4. The van der Waals surface area contributed by atoms with Gasteiger partial charge in [-0.05, 0) is 25.3 Å². The highest BCUT2D eigenvalue weighted by Crippen LogP contribution is 2.24. The number of benzene rings is 1. The number of likely N-dealkylation sites (N-methyl/N-ethyl adjacent to an activating group) is 1. The number of aliphatic imine (C=N–C) groups is 1. The molecular formula is C21H32N4O3. The van der Waals surface area contributed by atoms with Crippen LogP contribution in [0.2, 0.25) is 0 Å². The molecule has 0 aromatic heterocycles. The molecule has 7 heteroatoms. The van der Waals surface area contributed by atoms with Crippen molar-refractivity contribution in [1.29, 1.82) is 0 Å². The third-order valence-corrected chi connectivity index (χ3v) is 5.07. The Labute approximate surface area is 167 Å². The van der Waals surface area contributed by atoms with Crippen LogP contribution >= 0.6 is 0 Å². The van der Waals surface area contributed by atoms with Crippen molar-refractivity contribution in [3.05, 3.63) is 35.9 Å². The molecule has 0 bridgehead atoms. The summed E-state index contributed by atoms with van der Waals surface area (Å²) < 4.78 is 4.91. The first-order valence-corrected chi connectivity index (χ1v) is 9.92. The molecule has 28 heavy (non-hydrogen) atoms. The first-order valence-electron chi connectivity index (χ1n) is 9.92. The Morgan fingerprint density at radius 3 is 2.57 bits per heavy atom. The summed E-state index contributed by atoms with van der Waals surface area (Å²) in [4.78, 5) is 33.0. The standard InChI is InChI=1S/C21H32N4O3/c1-5-22-21(25-13-16(3)18(15-25)20(27)28-4)23-12-19(26)24(6-2)14-17-10-8-7-9-11-17/h7-11,16,18H,5-6,12-15H2,1-4H3,(H,22,23). The molecule has 0 radical (unpaired) electrons. The lowest BCUT2D eigenvalue weighted by Gasteiger charge is -2.23. The summed E-state index contributed by atoms with van der Waals surface area (Å²) >= 11 is 0. The van der Waals surface area contributed by atoms with E-state index in [1.54, 1.807) is 4.90 Å². The van der Waals surface area contributed by atoms with E-state index in [0.717, 1.165) is 5.56 Å². The second kappa shape index (κ2) is 10.7. The van der Waals surface area contributed by atoms with Gasteiger partial charge in [0.15, 0.2) is 5.96 Å². The van der Waals surface area contributed by atoms with Crippen LogP contribution in [0.1, 0.15) is 26.3 Å². The van der Waals surface area contributed by atoms with Gasteiger partial charge in [-0.25, -0.2) is 4.99 Å². The van der Waals surface area contributed by atoms with Gasteiger partial charge >= 0.3 is 5.97 Å². The molecule has 1 amide bonds. The quantitative estimate of drug-likeness (QED) is 0.438. The van der Waals surface area contributed by atoms with Crippen molar-refractivity contribution < 1.29 is 14.3 Å². The van der Waals surface area contributed by atoms with Gasteiger partial charge in [0.05, 0.1) is 13.0 Å². The van der Waals surface area contributed by atoms with E-state index in [1.807, 2.05) is 56.0 Å². The SMILES string of the molecule is CCNC(=NCC(=O)N(CC)Cc1ccccc1)N1CC(C)C(C(=O)OC)C1. The number of nitrogens with zero attached hydrogens (tertiary/aromatic N) is 3. The number of methoxy groups -OCH3 is 1. The maximum atomic E-state index is 12.7. The van der Waals surface area contributed by atoms with E-state index in [-0.39, 0.29) is 30.3 Å². The van der Waals surface area contributed by atoms with Gasteiger partial charge in [-0.2, -0.15) is 0 Å². The minimum Gasteiger partial charge on any atom is -0.469 e. The third kappa shape index (κ3) is 5.71. The van der Waals surface area contributed by atoms with Crippen molar-refractivity contribution in [1.82, 2.24) is 15.1 Å². The van der Waals surface area contributed by atoms with Crippen molar-refractivity contribution in [2.45, 2.75) is 27.3 Å². The Kier molecular flexibility index (Phi) is 8.29. The van der Waals surface area contributed by atoms with Gasteiger partial charge in [-0.3, -0.25) is 9.59 Å². The number of nitrogens with one attached hydrogen (secondary N) is 1. The van der Waals surface area contributed by atoms with Crippen LogP contribution < -0.4 is 5.32 Å². The molecule has 0 aliphatic carbocycles. The van der Waals surface area contributed by atoms with E-state index < -0.39 is 0 Å². The van der Waals surface area contributed by atoms with E-state index in [1.165, 1.54) is 7.11 Å². The van der Waals surface area contributed by atoms with Crippen LogP contribution in [0.5, 0.6) is 0 Å². The monoisotopic (exact) mass is 388 g/mol. The Bertz CT molecular complexity index is 677. The van der Waals surface area contributed by atoms with Gasteiger partial charge in [-0.1, -0.05) is 37.3 Å². The zero-order chi connectivity index (χ0) is 20.5. The Morgan fingerprint density at radius 2 is 1.96 bits per heavy atom. The van der Waals surface area contributed by atoms with Crippen molar-refractivity contribution >= 4 is 17.8 Å². The van der Waals surface area contributed by atoms with Crippen LogP contribution in [-0.2, 0) is 20.9 Å². The van der Waals surface area contributed by atoms with Crippen LogP contribution in [0, 0.1) is 11.8 Å². The molecule has 1 aromatic carbocycles. The summed E-state index contributed by atoms with van der Waals surface area (Å²) in [5, 5.41) is 3.24. The van der Waals surface area contributed by atoms with Gasteiger partial charge < -0.3 is 19.9 Å². The van der Waals surface area contributed by atoms with Crippen molar-refractivity contribution in [2.75, 3.05) is 39.8 Å². The summed E-state index contributed by atoms with van der Waals surface area (Å²) in [5.74, 6) is 0.470. The fraction of sp³-hybridized carbons (Fsp3) is 0.571. The fourth-order valence-electron chi connectivity index (χ4n) is 3.45. The van der Waals surface area contributed by atoms with Crippen LogP contribution in [0.4, 0.5) is 0 Å².